The maximum atomic E-state index is 12.4. The number of hydrogen-bond donors (Lipinski definition) is 1. The molecule has 0 unspecified atom stereocenters. The molecule has 0 bridgehead atoms. The molecule has 7 heteroatoms. The molecule has 7 nitrogen and oxygen atoms in total. The van der Waals surface area contributed by atoms with E-state index in [2.05, 4.69) is 5.32 Å². The van der Waals surface area contributed by atoms with Crippen molar-refractivity contribution in [3.05, 3.63) is 69.3 Å². The minimum absolute atomic E-state index is 0.0933. The van der Waals surface area contributed by atoms with Crippen molar-refractivity contribution >= 4 is 17.7 Å². The van der Waals surface area contributed by atoms with Crippen LogP contribution < -0.4 is 10.9 Å². The van der Waals surface area contributed by atoms with Gasteiger partial charge in [0.05, 0.1) is 12.7 Å². The molecule has 0 saturated carbocycles. The standard InChI is InChI=1S/C20H19NO6/c1-26-20(25)15(21-18(23)12-6-3-2-4-7-12)11-13-10-14-16(22)8-5-9-17(14)27-19(13)24/h2-4,6-7,10,15H,5,8-9,11H2,1H3,(H,21,23)/t15-/m0/s1. The van der Waals surface area contributed by atoms with Gasteiger partial charge in [-0.05, 0) is 24.6 Å². The maximum Gasteiger partial charge on any atom is 0.339 e. The lowest BCUT2D eigenvalue weighted by Gasteiger charge is -2.18. The van der Waals surface area contributed by atoms with Crippen LogP contribution in [0.2, 0.25) is 0 Å². The zero-order valence-corrected chi connectivity index (χ0v) is 14.8. The molecule has 1 aromatic heterocycles. The summed E-state index contributed by atoms with van der Waals surface area (Å²) in [4.78, 5) is 48.8. The molecule has 1 heterocycles. The van der Waals surface area contributed by atoms with Crippen LogP contribution in [-0.4, -0.2) is 30.8 Å². The number of carbonyl (C=O) groups excluding carboxylic acids is 3. The third-order valence-corrected chi connectivity index (χ3v) is 4.46. The Kier molecular flexibility index (Phi) is 5.49. The summed E-state index contributed by atoms with van der Waals surface area (Å²) in [5.74, 6) is -0.876. The molecule has 1 aromatic carbocycles. The number of ether oxygens (including phenoxy) is 1. The number of methoxy groups -OCH3 is 1. The van der Waals surface area contributed by atoms with E-state index in [1.54, 1.807) is 30.3 Å². The highest BCUT2D eigenvalue weighted by molar-refractivity contribution is 5.98. The number of amides is 1. The van der Waals surface area contributed by atoms with Crippen LogP contribution in [0.15, 0.2) is 45.6 Å². The second-order valence-electron chi connectivity index (χ2n) is 6.29. The van der Waals surface area contributed by atoms with Crippen LogP contribution in [0.5, 0.6) is 0 Å². The van der Waals surface area contributed by atoms with E-state index < -0.39 is 23.5 Å². The zero-order chi connectivity index (χ0) is 19.4. The van der Waals surface area contributed by atoms with Crippen LogP contribution in [-0.2, 0) is 22.4 Å². The summed E-state index contributed by atoms with van der Waals surface area (Å²) < 4.78 is 10.0. The smallest absolute Gasteiger partial charge is 0.339 e. The summed E-state index contributed by atoms with van der Waals surface area (Å²) in [6.45, 7) is 0. The minimum atomic E-state index is -1.08. The van der Waals surface area contributed by atoms with Gasteiger partial charge in [0.15, 0.2) is 5.78 Å². The highest BCUT2D eigenvalue weighted by atomic mass is 16.5. The summed E-state index contributed by atoms with van der Waals surface area (Å²) in [6, 6.07) is 8.77. The molecule has 140 valence electrons. The van der Waals surface area contributed by atoms with E-state index in [0.29, 0.717) is 36.1 Å². The van der Waals surface area contributed by atoms with Crippen molar-refractivity contribution < 1.29 is 23.5 Å². The van der Waals surface area contributed by atoms with Crippen molar-refractivity contribution in [2.75, 3.05) is 7.11 Å². The summed E-state index contributed by atoms with van der Waals surface area (Å²) >= 11 is 0. The number of fused-ring (bicyclic) bond motifs is 1. The van der Waals surface area contributed by atoms with Crippen molar-refractivity contribution in [2.45, 2.75) is 31.7 Å². The SMILES string of the molecule is COC(=O)[C@H](Cc1cc2c(oc1=O)CCCC2=O)NC(=O)c1ccccc1. The van der Waals surface area contributed by atoms with Crippen molar-refractivity contribution in [3.8, 4) is 0 Å². The second kappa shape index (κ2) is 7.99. The number of esters is 1. The zero-order valence-electron chi connectivity index (χ0n) is 14.8. The van der Waals surface area contributed by atoms with Crippen LogP contribution in [0.3, 0.4) is 0 Å². The second-order valence-corrected chi connectivity index (χ2v) is 6.29. The fraction of sp³-hybridized carbons (Fsp3) is 0.300. The van der Waals surface area contributed by atoms with Gasteiger partial charge < -0.3 is 14.5 Å². The maximum absolute atomic E-state index is 12.4. The van der Waals surface area contributed by atoms with Crippen LogP contribution in [0, 0.1) is 0 Å². The summed E-state index contributed by atoms with van der Waals surface area (Å²) in [5.41, 5.74) is 0.270. The molecule has 2 aromatic rings. The Labute approximate surface area is 155 Å². The third-order valence-electron chi connectivity index (χ3n) is 4.46. The van der Waals surface area contributed by atoms with Crippen molar-refractivity contribution in [1.29, 1.82) is 0 Å². The van der Waals surface area contributed by atoms with Crippen LogP contribution in [0.25, 0.3) is 0 Å². The Balaban J connectivity index is 1.86. The van der Waals surface area contributed by atoms with E-state index in [9.17, 15) is 19.2 Å². The lowest BCUT2D eigenvalue weighted by Crippen LogP contribution is -2.43. The monoisotopic (exact) mass is 369 g/mol. The number of aryl methyl sites for hydroxylation is 1. The van der Waals surface area contributed by atoms with Crippen LogP contribution >= 0.6 is 0 Å². The van der Waals surface area contributed by atoms with Crippen LogP contribution in [0.1, 0.15) is 44.9 Å². The van der Waals surface area contributed by atoms with Gasteiger partial charge in [0.1, 0.15) is 11.8 Å². The van der Waals surface area contributed by atoms with Gasteiger partial charge in [0.2, 0.25) is 0 Å². The van der Waals surface area contributed by atoms with Crippen molar-refractivity contribution in [2.24, 2.45) is 0 Å². The molecule has 1 atom stereocenters. The van der Waals surface area contributed by atoms with Gasteiger partial charge in [-0.25, -0.2) is 9.59 Å². The molecule has 1 aliphatic carbocycles. The van der Waals surface area contributed by atoms with Gasteiger partial charge >= 0.3 is 11.6 Å². The molecule has 1 N–H and O–H groups in total. The number of ketones is 1. The first-order valence-corrected chi connectivity index (χ1v) is 8.62. The Morgan fingerprint density at radius 1 is 1.19 bits per heavy atom. The average Bonchev–Trinajstić information content (AvgIpc) is 2.68. The Bertz CT molecular complexity index is 931. The van der Waals surface area contributed by atoms with Gasteiger partial charge in [-0.2, -0.15) is 0 Å². The first-order chi connectivity index (χ1) is 13.0. The first kappa shape index (κ1) is 18.6. The van der Waals surface area contributed by atoms with Gasteiger partial charge in [-0.15, -0.1) is 0 Å². The predicted molar refractivity (Wildman–Crippen MR) is 95.7 cm³/mol. The van der Waals surface area contributed by atoms with E-state index >= 15 is 0 Å². The molecule has 1 aliphatic rings. The molecular weight excluding hydrogens is 350 g/mol. The average molecular weight is 369 g/mol. The fourth-order valence-corrected chi connectivity index (χ4v) is 3.04. The Morgan fingerprint density at radius 2 is 1.93 bits per heavy atom. The molecule has 0 spiro atoms. The first-order valence-electron chi connectivity index (χ1n) is 8.62. The van der Waals surface area contributed by atoms with Crippen molar-refractivity contribution in [1.82, 2.24) is 5.32 Å². The Morgan fingerprint density at radius 3 is 2.63 bits per heavy atom. The minimum Gasteiger partial charge on any atom is -0.467 e. The quantitative estimate of drug-likeness (QED) is 0.805. The molecule has 1 amide bonds. The molecule has 27 heavy (non-hydrogen) atoms. The number of hydrogen-bond acceptors (Lipinski definition) is 6. The van der Waals surface area contributed by atoms with Gasteiger partial charge in [-0.3, -0.25) is 9.59 Å². The van der Waals surface area contributed by atoms with Crippen molar-refractivity contribution in [3.63, 3.8) is 0 Å². The molecule has 0 aliphatic heterocycles. The van der Waals surface area contributed by atoms with E-state index in [1.165, 1.54) is 13.2 Å². The molecular formula is C20H19NO6. The van der Waals surface area contributed by atoms with Gasteiger partial charge in [-0.1, -0.05) is 18.2 Å². The molecule has 0 radical (unpaired) electrons. The molecule has 0 saturated heterocycles. The predicted octanol–water partition coefficient (Wildman–Crippen LogP) is 1.67. The largest absolute Gasteiger partial charge is 0.467 e. The lowest BCUT2D eigenvalue weighted by atomic mass is 9.94. The highest BCUT2D eigenvalue weighted by Crippen LogP contribution is 2.21. The molecule has 3 rings (SSSR count). The molecule has 0 fully saturated rings. The topological polar surface area (TPSA) is 103 Å². The highest BCUT2D eigenvalue weighted by Gasteiger charge is 2.27. The summed E-state index contributed by atoms with van der Waals surface area (Å²) in [7, 11) is 1.20. The fourth-order valence-electron chi connectivity index (χ4n) is 3.04. The van der Waals surface area contributed by atoms with Gasteiger partial charge in [0.25, 0.3) is 5.91 Å². The number of Topliss-reactive ketones (excluding diaryl/α,β-unsaturated/α-hetero) is 1. The lowest BCUT2D eigenvalue weighted by molar-refractivity contribution is -0.142. The number of carbonyl (C=O) groups is 3. The van der Waals surface area contributed by atoms with Crippen LogP contribution in [0.4, 0.5) is 0 Å². The summed E-state index contributed by atoms with van der Waals surface area (Å²) in [5, 5.41) is 2.57. The van der Waals surface area contributed by atoms with E-state index in [4.69, 9.17) is 9.15 Å². The van der Waals surface area contributed by atoms with E-state index in [0.717, 1.165) is 0 Å². The van der Waals surface area contributed by atoms with E-state index in [1.807, 2.05) is 0 Å². The number of rotatable bonds is 5. The van der Waals surface area contributed by atoms with E-state index in [-0.39, 0.29) is 17.8 Å². The third kappa shape index (κ3) is 4.13. The Hall–Kier alpha value is -3.22. The number of benzene rings is 1. The van der Waals surface area contributed by atoms with Gasteiger partial charge in [0, 0.05) is 30.4 Å². The summed E-state index contributed by atoms with van der Waals surface area (Å²) in [6.07, 6.45) is 1.44. The normalized spacial score (nSPS) is 14.2. The number of nitrogens with one attached hydrogen (secondary N) is 1.